The lowest BCUT2D eigenvalue weighted by atomic mass is 9.77. The van der Waals surface area contributed by atoms with Gasteiger partial charge in [-0.2, -0.15) is 0 Å². The molecule has 1 aromatic heterocycles. The molecule has 4 heteroatoms. The molecule has 25 heavy (non-hydrogen) atoms. The number of nitrogens with zero attached hydrogens (tertiary/aromatic N) is 2. The third-order valence-electron chi connectivity index (χ3n) is 5.96. The van der Waals surface area contributed by atoms with Crippen molar-refractivity contribution in [3.8, 4) is 5.75 Å². The summed E-state index contributed by atoms with van der Waals surface area (Å²) in [7, 11) is 1.72. The van der Waals surface area contributed by atoms with Gasteiger partial charge in [0, 0.05) is 24.5 Å². The summed E-state index contributed by atoms with van der Waals surface area (Å²) in [4.78, 5) is 6.80. The summed E-state index contributed by atoms with van der Waals surface area (Å²) in [5, 5.41) is 2.19. The van der Waals surface area contributed by atoms with Crippen molar-refractivity contribution < 1.29 is 4.74 Å². The predicted octanol–water partition coefficient (Wildman–Crippen LogP) is 4.24. The largest absolute Gasteiger partial charge is 0.497 e. The summed E-state index contributed by atoms with van der Waals surface area (Å²) >= 11 is 1.89. The number of likely N-dealkylation sites (tertiary alicyclic amines) is 2. The third kappa shape index (κ3) is 4.08. The lowest BCUT2D eigenvalue weighted by molar-refractivity contribution is 0.102. The summed E-state index contributed by atoms with van der Waals surface area (Å²) in [6, 6.07) is 13.0. The van der Waals surface area contributed by atoms with Crippen molar-refractivity contribution >= 4 is 11.3 Å². The van der Waals surface area contributed by atoms with Crippen LogP contribution < -0.4 is 4.74 Å². The molecular formula is C21H28N2OS. The molecule has 3 nitrogen and oxygen atoms in total. The first-order valence-electron chi connectivity index (χ1n) is 9.35. The van der Waals surface area contributed by atoms with E-state index in [9.17, 15) is 0 Å². The van der Waals surface area contributed by atoms with Crippen molar-refractivity contribution in [3.63, 3.8) is 0 Å². The molecule has 1 spiro atoms. The second-order valence-corrected chi connectivity index (χ2v) is 8.70. The number of hydrogen-bond acceptors (Lipinski definition) is 4. The van der Waals surface area contributed by atoms with E-state index in [0.29, 0.717) is 5.41 Å². The molecule has 2 aliphatic rings. The molecular weight excluding hydrogens is 328 g/mol. The van der Waals surface area contributed by atoms with Crippen LogP contribution in [0.1, 0.15) is 29.7 Å². The molecule has 3 heterocycles. The van der Waals surface area contributed by atoms with Crippen LogP contribution in [0.3, 0.4) is 0 Å². The van der Waals surface area contributed by atoms with Crippen LogP contribution in [0.5, 0.6) is 5.75 Å². The smallest absolute Gasteiger partial charge is 0.118 e. The van der Waals surface area contributed by atoms with Crippen molar-refractivity contribution in [1.82, 2.24) is 9.80 Å². The predicted molar refractivity (Wildman–Crippen MR) is 104 cm³/mol. The Kier molecular flexibility index (Phi) is 5.11. The fourth-order valence-electron chi connectivity index (χ4n) is 4.37. The van der Waals surface area contributed by atoms with Gasteiger partial charge in [0.2, 0.25) is 0 Å². The first kappa shape index (κ1) is 17.1. The molecule has 2 aliphatic heterocycles. The monoisotopic (exact) mass is 356 g/mol. The number of ether oxygens (including phenoxy) is 1. The zero-order chi connectivity index (χ0) is 17.1. The standard InChI is InChI=1S/C21H28N2OS/c1-24-19-6-4-18(5-7-19)15-22-11-8-21(9-12-22)10-13-23(17-21)16-20-3-2-14-25-20/h2-7,14H,8-13,15-17H2,1H3. The highest BCUT2D eigenvalue weighted by atomic mass is 32.1. The maximum atomic E-state index is 5.25. The Hall–Kier alpha value is -1.36. The Labute approximate surface area is 155 Å². The second kappa shape index (κ2) is 7.48. The number of benzene rings is 1. The normalized spacial score (nSPS) is 21.0. The maximum absolute atomic E-state index is 5.25. The van der Waals surface area contributed by atoms with Crippen molar-refractivity contribution in [2.75, 3.05) is 33.3 Å². The third-order valence-corrected chi connectivity index (χ3v) is 6.82. The molecule has 2 fully saturated rings. The molecule has 0 atom stereocenters. The van der Waals surface area contributed by atoms with Gasteiger partial charge in [0.15, 0.2) is 0 Å². The number of rotatable bonds is 5. The summed E-state index contributed by atoms with van der Waals surface area (Å²) in [5.74, 6) is 0.943. The number of methoxy groups -OCH3 is 1. The Balaban J connectivity index is 1.27. The van der Waals surface area contributed by atoms with E-state index in [1.54, 1.807) is 7.11 Å². The van der Waals surface area contributed by atoms with Crippen molar-refractivity contribution in [2.45, 2.75) is 32.4 Å². The Morgan fingerprint density at radius 3 is 2.32 bits per heavy atom. The lowest BCUT2D eigenvalue weighted by Crippen LogP contribution is -2.41. The second-order valence-electron chi connectivity index (χ2n) is 7.66. The van der Waals surface area contributed by atoms with Crippen molar-refractivity contribution in [3.05, 3.63) is 52.2 Å². The first-order chi connectivity index (χ1) is 12.2. The van der Waals surface area contributed by atoms with Crippen LogP contribution in [-0.2, 0) is 13.1 Å². The molecule has 2 saturated heterocycles. The summed E-state index contributed by atoms with van der Waals surface area (Å²) in [5.41, 5.74) is 1.97. The molecule has 0 radical (unpaired) electrons. The SMILES string of the molecule is COc1ccc(CN2CCC3(CC2)CCN(Cc2cccs2)C3)cc1. The van der Waals surface area contributed by atoms with Crippen LogP contribution >= 0.6 is 11.3 Å². The van der Waals surface area contributed by atoms with Gasteiger partial charge >= 0.3 is 0 Å². The van der Waals surface area contributed by atoms with Crippen LogP contribution in [0.15, 0.2) is 41.8 Å². The first-order valence-corrected chi connectivity index (χ1v) is 10.2. The van der Waals surface area contributed by atoms with Crippen molar-refractivity contribution in [1.29, 1.82) is 0 Å². The van der Waals surface area contributed by atoms with E-state index in [0.717, 1.165) is 18.8 Å². The summed E-state index contributed by atoms with van der Waals surface area (Å²) < 4.78 is 5.25. The number of hydrogen-bond donors (Lipinski definition) is 0. The van der Waals surface area contributed by atoms with Gasteiger partial charge < -0.3 is 4.74 Å². The van der Waals surface area contributed by atoms with Gasteiger partial charge in [0.1, 0.15) is 5.75 Å². The van der Waals surface area contributed by atoms with E-state index in [1.165, 1.54) is 55.9 Å². The zero-order valence-corrected chi connectivity index (χ0v) is 15.9. The lowest BCUT2D eigenvalue weighted by Gasteiger charge is -2.39. The molecule has 1 aromatic carbocycles. The maximum Gasteiger partial charge on any atom is 0.118 e. The molecule has 0 saturated carbocycles. The van der Waals surface area contributed by atoms with E-state index in [1.807, 2.05) is 11.3 Å². The van der Waals surface area contributed by atoms with Crippen molar-refractivity contribution in [2.24, 2.45) is 5.41 Å². The Morgan fingerprint density at radius 2 is 1.68 bits per heavy atom. The van der Waals surface area contributed by atoms with Crippen LogP contribution in [0.2, 0.25) is 0 Å². The molecule has 0 bridgehead atoms. The Bertz CT molecular complexity index is 660. The molecule has 0 amide bonds. The summed E-state index contributed by atoms with van der Waals surface area (Å²) in [6.07, 6.45) is 4.09. The van der Waals surface area contributed by atoms with Gasteiger partial charge in [0.25, 0.3) is 0 Å². The molecule has 0 unspecified atom stereocenters. The van der Waals surface area contributed by atoms with E-state index >= 15 is 0 Å². The Morgan fingerprint density at radius 1 is 0.960 bits per heavy atom. The fraction of sp³-hybridized carbons (Fsp3) is 0.524. The average Bonchev–Trinajstić information content (AvgIpc) is 3.29. The highest BCUT2D eigenvalue weighted by molar-refractivity contribution is 7.09. The van der Waals surface area contributed by atoms with E-state index in [2.05, 4.69) is 51.6 Å². The minimum absolute atomic E-state index is 0.577. The minimum Gasteiger partial charge on any atom is -0.497 e. The summed E-state index contributed by atoms with van der Waals surface area (Å²) in [6.45, 7) is 7.25. The van der Waals surface area contributed by atoms with Crippen LogP contribution in [0, 0.1) is 5.41 Å². The molecule has 2 aromatic rings. The van der Waals surface area contributed by atoms with Crippen LogP contribution in [0.4, 0.5) is 0 Å². The van der Waals surface area contributed by atoms with E-state index in [-0.39, 0.29) is 0 Å². The molecule has 134 valence electrons. The van der Waals surface area contributed by atoms with Crippen LogP contribution in [0.25, 0.3) is 0 Å². The average molecular weight is 357 g/mol. The van der Waals surface area contributed by atoms with Gasteiger partial charge in [-0.15, -0.1) is 11.3 Å². The minimum atomic E-state index is 0.577. The zero-order valence-electron chi connectivity index (χ0n) is 15.1. The fourth-order valence-corrected chi connectivity index (χ4v) is 5.11. The molecule has 4 rings (SSSR count). The highest BCUT2D eigenvalue weighted by Crippen LogP contribution is 2.41. The van der Waals surface area contributed by atoms with Gasteiger partial charge in [-0.1, -0.05) is 18.2 Å². The van der Waals surface area contributed by atoms with E-state index in [4.69, 9.17) is 4.74 Å². The van der Waals surface area contributed by atoms with Gasteiger partial charge in [-0.25, -0.2) is 0 Å². The number of piperidine rings is 1. The quantitative estimate of drug-likeness (QED) is 0.797. The molecule has 0 N–H and O–H groups in total. The topological polar surface area (TPSA) is 15.7 Å². The van der Waals surface area contributed by atoms with Gasteiger partial charge in [-0.05, 0) is 73.5 Å². The van der Waals surface area contributed by atoms with Crippen LogP contribution in [-0.4, -0.2) is 43.1 Å². The number of thiophene rings is 1. The highest BCUT2D eigenvalue weighted by Gasteiger charge is 2.40. The van der Waals surface area contributed by atoms with E-state index < -0.39 is 0 Å². The van der Waals surface area contributed by atoms with Gasteiger partial charge in [-0.3, -0.25) is 9.80 Å². The molecule has 0 aliphatic carbocycles. The van der Waals surface area contributed by atoms with Gasteiger partial charge in [0.05, 0.1) is 7.11 Å².